The molecular weight excluding hydrogens is 354 g/mol. The second kappa shape index (κ2) is 10.1. The number of piperazine rings is 1. The van der Waals surface area contributed by atoms with Gasteiger partial charge in [-0.25, -0.2) is 0 Å². The number of para-hydroxylation sites is 1. The van der Waals surface area contributed by atoms with E-state index in [2.05, 4.69) is 34.3 Å². The van der Waals surface area contributed by atoms with Crippen molar-refractivity contribution in [2.45, 2.75) is 6.04 Å². The highest BCUT2D eigenvalue weighted by Crippen LogP contribution is 2.24. The molecular formula is C22H29N3O3. The van der Waals surface area contributed by atoms with Gasteiger partial charge in [0.05, 0.1) is 13.2 Å². The molecule has 0 saturated carbocycles. The Morgan fingerprint density at radius 1 is 1.00 bits per heavy atom. The van der Waals surface area contributed by atoms with Gasteiger partial charge in [0.2, 0.25) is 0 Å². The minimum absolute atomic E-state index is 0.0160. The summed E-state index contributed by atoms with van der Waals surface area (Å²) < 4.78 is 10.8. The summed E-state index contributed by atoms with van der Waals surface area (Å²) >= 11 is 0. The maximum absolute atomic E-state index is 12.3. The van der Waals surface area contributed by atoms with Crippen molar-refractivity contribution in [3.63, 3.8) is 0 Å². The molecule has 28 heavy (non-hydrogen) atoms. The number of methoxy groups -OCH3 is 1. The van der Waals surface area contributed by atoms with Crippen molar-refractivity contribution in [2.24, 2.45) is 0 Å². The molecule has 6 heteroatoms. The Kier molecular flexibility index (Phi) is 7.28. The van der Waals surface area contributed by atoms with Crippen LogP contribution >= 0.6 is 0 Å². The quantitative estimate of drug-likeness (QED) is 0.757. The molecule has 0 spiro atoms. The van der Waals surface area contributed by atoms with Gasteiger partial charge in [-0.15, -0.1) is 0 Å². The predicted molar refractivity (Wildman–Crippen MR) is 110 cm³/mol. The van der Waals surface area contributed by atoms with Gasteiger partial charge in [0, 0.05) is 32.7 Å². The van der Waals surface area contributed by atoms with E-state index in [1.165, 1.54) is 5.56 Å². The first-order valence-electron chi connectivity index (χ1n) is 9.67. The third-order valence-electron chi connectivity index (χ3n) is 5.08. The van der Waals surface area contributed by atoms with E-state index in [-0.39, 0.29) is 18.6 Å². The van der Waals surface area contributed by atoms with Crippen LogP contribution in [0.25, 0.3) is 0 Å². The summed E-state index contributed by atoms with van der Waals surface area (Å²) in [6, 6.07) is 17.6. The lowest BCUT2D eigenvalue weighted by Crippen LogP contribution is -2.48. The van der Waals surface area contributed by atoms with Crippen LogP contribution in [0.5, 0.6) is 11.5 Å². The number of carbonyl (C=O) groups excluding carboxylic acids is 1. The smallest absolute Gasteiger partial charge is 0.258 e. The Morgan fingerprint density at radius 2 is 1.68 bits per heavy atom. The van der Waals surface area contributed by atoms with Crippen LogP contribution < -0.4 is 14.8 Å². The number of likely N-dealkylation sites (N-methyl/N-ethyl adjacent to an activating group) is 1. The average molecular weight is 383 g/mol. The van der Waals surface area contributed by atoms with Crippen LogP contribution in [0.15, 0.2) is 54.6 Å². The van der Waals surface area contributed by atoms with Crippen LogP contribution in [0.1, 0.15) is 11.6 Å². The number of hydrogen-bond donors (Lipinski definition) is 1. The predicted octanol–water partition coefficient (Wildman–Crippen LogP) is 2.18. The van der Waals surface area contributed by atoms with Gasteiger partial charge >= 0.3 is 0 Å². The van der Waals surface area contributed by atoms with Crippen LogP contribution in [0.3, 0.4) is 0 Å². The van der Waals surface area contributed by atoms with Crippen molar-refractivity contribution in [1.29, 1.82) is 0 Å². The van der Waals surface area contributed by atoms with Gasteiger partial charge in [-0.2, -0.15) is 0 Å². The molecule has 0 aliphatic carbocycles. The largest absolute Gasteiger partial charge is 0.497 e. The first kappa shape index (κ1) is 20.2. The summed E-state index contributed by atoms with van der Waals surface area (Å²) in [7, 11) is 3.81. The lowest BCUT2D eigenvalue weighted by molar-refractivity contribution is -0.123. The third kappa shape index (κ3) is 5.71. The Balaban J connectivity index is 1.60. The van der Waals surface area contributed by atoms with Crippen LogP contribution in [-0.2, 0) is 4.79 Å². The summed E-state index contributed by atoms with van der Waals surface area (Å²) in [5.74, 6) is 1.42. The molecule has 1 saturated heterocycles. The summed E-state index contributed by atoms with van der Waals surface area (Å²) in [5, 5.41) is 3.04. The van der Waals surface area contributed by atoms with Crippen molar-refractivity contribution in [3.8, 4) is 11.5 Å². The highest BCUT2D eigenvalue weighted by Gasteiger charge is 2.24. The number of nitrogens with one attached hydrogen (secondary N) is 1. The number of benzene rings is 2. The van der Waals surface area contributed by atoms with E-state index in [4.69, 9.17) is 9.47 Å². The first-order valence-corrected chi connectivity index (χ1v) is 9.67. The Morgan fingerprint density at radius 3 is 2.32 bits per heavy atom. The van der Waals surface area contributed by atoms with E-state index in [0.29, 0.717) is 12.3 Å². The summed E-state index contributed by atoms with van der Waals surface area (Å²) in [6.45, 7) is 4.57. The van der Waals surface area contributed by atoms with Gasteiger partial charge in [-0.3, -0.25) is 9.69 Å². The average Bonchev–Trinajstić information content (AvgIpc) is 2.75. The molecule has 1 heterocycles. The fourth-order valence-corrected chi connectivity index (χ4v) is 3.34. The van der Waals surface area contributed by atoms with E-state index < -0.39 is 0 Å². The lowest BCUT2D eigenvalue weighted by Gasteiger charge is -2.38. The van der Waals surface area contributed by atoms with Crippen molar-refractivity contribution in [3.05, 3.63) is 60.2 Å². The Hall–Kier alpha value is -2.57. The molecule has 150 valence electrons. The molecule has 0 aromatic heterocycles. The van der Waals surface area contributed by atoms with Crippen molar-refractivity contribution >= 4 is 5.91 Å². The molecule has 1 amide bonds. The second-order valence-corrected chi connectivity index (χ2v) is 7.03. The van der Waals surface area contributed by atoms with Gasteiger partial charge in [0.1, 0.15) is 11.5 Å². The first-order chi connectivity index (χ1) is 13.7. The van der Waals surface area contributed by atoms with E-state index in [1.807, 2.05) is 42.5 Å². The molecule has 2 aromatic carbocycles. The van der Waals surface area contributed by atoms with Gasteiger partial charge < -0.3 is 19.7 Å². The maximum atomic E-state index is 12.3. The molecule has 1 aliphatic heterocycles. The van der Waals surface area contributed by atoms with E-state index in [0.717, 1.165) is 31.9 Å². The topological polar surface area (TPSA) is 54.0 Å². The second-order valence-electron chi connectivity index (χ2n) is 7.03. The van der Waals surface area contributed by atoms with Crippen molar-refractivity contribution in [1.82, 2.24) is 15.1 Å². The van der Waals surface area contributed by atoms with Crippen LogP contribution in [0.2, 0.25) is 0 Å². The molecule has 6 nitrogen and oxygen atoms in total. The zero-order chi connectivity index (χ0) is 19.8. The number of nitrogens with zero attached hydrogens (tertiary/aromatic N) is 2. The van der Waals surface area contributed by atoms with Crippen LogP contribution in [-0.4, -0.2) is 69.2 Å². The van der Waals surface area contributed by atoms with Crippen LogP contribution in [0, 0.1) is 0 Å². The highest BCUT2D eigenvalue weighted by atomic mass is 16.5. The minimum Gasteiger partial charge on any atom is -0.497 e. The van der Waals surface area contributed by atoms with Crippen molar-refractivity contribution < 1.29 is 14.3 Å². The number of hydrogen-bond acceptors (Lipinski definition) is 5. The molecule has 0 radical (unpaired) electrons. The zero-order valence-corrected chi connectivity index (χ0v) is 16.6. The standard InChI is InChI=1S/C22H29N3O3/c1-24-12-14-25(15-13-24)21(18-8-10-19(27-2)11-9-18)16-23-22(26)17-28-20-6-4-3-5-7-20/h3-11,21H,12-17H2,1-2H3,(H,23,26). The fourth-order valence-electron chi connectivity index (χ4n) is 3.34. The Bertz CT molecular complexity index is 728. The van der Waals surface area contributed by atoms with E-state index >= 15 is 0 Å². The number of rotatable bonds is 8. The van der Waals surface area contributed by atoms with Crippen molar-refractivity contribution in [2.75, 3.05) is 53.5 Å². The number of carbonyl (C=O) groups is 1. The number of ether oxygens (including phenoxy) is 2. The highest BCUT2D eigenvalue weighted by molar-refractivity contribution is 5.77. The SMILES string of the molecule is COc1ccc(C(CNC(=O)COc2ccccc2)N2CCN(C)CC2)cc1. The van der Waals surface area contributed by atoms with E-state index in [1.54, 1.807) is 7.11 Å². The van der Waals surface area contributed by atoms with Gasteiger partial charge in [-0.1, -0.05) is 30.3 Å². The van der Waals surface area contributed by atoms with Gasteiger partial charge in [0.25, 0.3) is 5.91 Å². The molecule has 2 aromatic rings. The fraction of sp³-hybridized carbons (Fsp3) is 0.409. The normalized spacial score (nSPS) is 16.4. The summed E-state index contributed by atoms with van der Waals surface area (Å²) in [5.41, 5.74) is 1.18. The molecule has 3 rings (SSSR count). The molecule has 1 N–H and O–H groups in total. The molecule has 0 bridgehead atoms. The molecule has 1 unspecified atom stereocenters. The summed E-state index contributed by atoms with van der Waals surface area (Å²) in [4.78, 5) is 17.1. The lowest BCUT2D eigenvalue weighted by atomic mass is 10.0. The third-order valence-corrected chi connectivity index (χ3v) is 5.08. The maximum Gasteiger partial charge on any atom is 0.258 e. The molecule has 1 aliphatic rings. The van der Waals surface area contributed by atoms with E-state index in [9.17, 15) is 4.79 Å². The van der Waals surface area contributed by atoms with Gasteiger partial charge in [0.15, 0.2) is 6.61 Å². The Labute approximate surface area is 167 Å². The zero-order valence-electron chi connectivity index (χ0n) is 16.6. The van der Waals surface area contributed by atoms with Gasteiger partial charge in [-0.05, 0) is 36.9 Å². The summed E-state index contributed by atoms with van der Waals surface area (Å²) in [6.07, 6.45) is 0. The number of amides is 1. The molecule has 1 atom stereocenters. The minimum atomic E-state index is -0.114. The molecule has 1 fully saturated rings. The monoisotopic (exact) mass is 383 g/mol. The van der Waals surface area contributed by atoms with Crippen LogP contribution in [0.4, 0.5) is 0 Å².